The van der Waals surface area contributed by atoms with Gasteiger partial charge in [-0.15, -0.1) is 24.0 Å². The molecule has 31 heavy (non-hydrogen) atoms. The van der Waals surface area contributed by atoms with Gasteiger partial charge in [0.15, 0.2) is 17.5 Å². The fourth-order valence-corrected chi connectivity index (χ4v) is 3.05. The first-order valence-electron chi connectivity index (χ1n) is 10.1. The summed E-state index contributed by atoms with van der Waals surface area (Å²) in [4.78, 5) is 4.24. The first-order chi connectivity index (χ1) is 14.6. The molecule has 8 heteroatoms. The van der Waals surface area contributed by atoms with Crippen LogP contribution in [-0.2, 0) is 24.3 Å². The summed E-state index contributed by atoms with van der Waals surface area (Å²) in [5, 5.41) is 6.56. The lowest BCUT2D eigenvalue weighted by Crippen LogP contribution is -2.37. The fraction of sp³-hybridized carbons (Fsp3) is 0.435. The van der Waals surface area contributed by atoms with Gasteiger partial charge in [-0.25, -0.2) is 4.39 Å². The predicted octanol–water partition coefficient (Wildman–Crippen LogP) is 4.30. The van der Waals surface area contributed by atoms with E-state index in [2.05, 4.69) is 21.7 Å². The summed E-state index contributed by atoms with van der Waals surface area (Å²) in [6.45, 7) is 4.13. The first kappa shape index (κ1) is 27.0. The summed E-state index contributed by atoms with van der Waals surface area (Å²) in [5.41, 5.74) is 2.71. The van der Waals surface area contributed by atoms with Gasteiger partial charge in [0.1, 0.15) is 5.82 Å². The van der Waals surface area contributed by atoms with Crippen LogP contribution < -0.4 is 20.1 Å². The van der Waals surface area contributed by atoms with Crippen molar-refractivity contribution in [2.24, 2.45) is 4.99 Å². The quantitative estimate of drug-likeness (QED) is 0.191. The largest absolute Gasteiger partial charge is 0.493 e. The monoisotopic (exact) mass is 545 g/mol. The molecule has 2 aromatic rings. The number of nitrogens with one attached hydrogen (secondary N) is 2. The molecule has 0 aliphatic carbocycles. The third-order valence-electron chi connectivity index (χ3n) is 4.56. The molecule has 0 saturated heterocycles. The number of guanidine groups is 1. The number of halogens is 2. The van der Waals surface area contributed by atoms with E-state index in [1.54, 1.807) is 33.4 Å². The number of hydrogen-bond donors (Lipinski definition) is 2. The van der Waals surface area contributed by atoms with Crippen LogP contribution in [0.1, 0.15) is 30.0 Å². The number of aliphatic imine (C=N–C) groups is 1. The Bertz CT molecular complexity index is 834. The molecule has 0 aromatic heterocycles. The van der Waals surface area contributed by atoms with E-state index in [0.717, 1.165) is 36.4 Å². The van der Waals surface area contributed by atoms with E-state index in [-0.39, 0.29) is 36.4 Å². The van der Waals surface area contributed by atoms with Crippen LogP contribution in [0.4, 0.5) is 4.39 Å². The van der Waals surface area contributed by atoms with E-state index in [1.807, 2.05) is 19.1 Å². The van der Waals surface area contributed by atoms with Gasteiger partial charge in [-0.05, 0) is 55.2 Å². The molecule has 2 rings (SSSR count). The zero-order chi connectivity index (χ0) is 21.8. The molecule has 0 radical (unpaired) electrons. The van der Waals surface area contributed by atoms with Gasteiger partial charge >= 0.3 is 0 Å². The van der Waals surface area contributed by atoms with Crippen LogP contribution in [0.25, 0.3) is 0 Å². The molecule has 0 heterocycles. The number of methoxy groups -OCH3 is 2. The average Bonchev–Trinajstić information content (AvgIpc) is 2.76. The Morgan fingerprint density at radius 2 is 1.81 bits per heavy atom. The Morgan fingerprint density at radius 1 is 1.03 bits per heavy atom. The maximum Gasteiger partial charge on any atom is 0.191 e. The number of hydrogen-bond acceptors (Lipinski definition) is 4. The van der Waals surface area contributed by atoms with Gasteiger partial charge in [0.2, 0.25) is 0 Å². The second-order valence-electron chi connectivity index (χ2n) is 6.73. The maximum atomic E-state index is 13.7. The molecule has 0 aliphatic rings. The van der Waals surface area contributed by atoms with Gasteiger partial charge in [-0.3, -0.25) is 4.99 Å². The van der Waals surface area contributed by atoms with Gasteiger partial charge in [-0.1, -0.05) is 12.1 Å². The van der Waals surface area contributed by atoms with E-state index < -0.39 is 0 Å². The lowest BCUT2D eigenvalue weighted by molar-refractivity contribution is 0.181. The fourth-order valence-electron chi connectivity index (χ4n) is 3.05. The van der Waals surface area contributed by atoms with Crippen molar-refractivity contribution in [3.8, 4) is 11.5 Å². The van der Waals surface area contributed by atoms with Crippen molar-refractivity contribution in [3.63, 3.8) is 0 Å². The summed E-state index contributed by atoms with van der Waals surface area (Å²) in [5.74, 6) is 1.97. The van der Waals surface area contributed by atoms with Crippen LogP contribution in [0, 0.1) is 5.82 Å². The Balaban J connectivity index is 0.00000480. The molecule has 172 valence electrons. The number of benzene rings is 2. The number of rotatable bonds is 11. The van der Waals surface area contributed by atoms with Gasteiger partial charge < -0.3 is 24.8 Å². The Hall–Kier alpha value is -2.07. The lowest BCUT2D eigenvalue weighted by atomic mass is 10.1. The molecule has 6 nitrogen and oxygen atoms in total. The third kappa shape index (κ3) is 8.90. The van der Waals surface area contributed by atoms with Gasteiger partial charge in [-0.2, -0.15) is 0 Å². The van der Waals surface area contributed by atoms with Crippen molar-refractivity contribution >= 4 is 29.9 Å². The molecule has 2 aromatic carbocycles. The highest BCUT2D eigenvalue weighted by molar-refractivity contribution is 14.0. The highest BCUT2D eigenvalue weighted by Gasteiger charge is 2.06. The van der Waals surface area contributed by atoms with Crippen LogP contribution in [0.3, 0.4) is 0 Å². The normalized spacial score (nSPS) is 10.9. The number of nitrogens with zero attached hydrogens (tertiary/aromatic N) is 1. The number of aryl methyl sites for hydroxylation is 1. The zero-order valence-electron chi connectivity index (χ0n) is 18.7. The number of ether oxygens (including phenoxy) is 3. The molecule has 0 saturated carbocycles. The highest BCUT2D eigenvalue weighted by Crippen LogP contribution is 2.28. The van der Waals surface area contributed by atoms with Crippen LogP contribution in [-0.4, -0.2) is 40.4 Å². The van der Waals surface area contributed by atoms with Crippen molar-refractivity contribution in [1.82, 2.24) is 10.6 Å². The molecular formula is C23H33FIN3O3. The highest BCUT2D eigenvalue weighted by atomic mass is 127. The summed E-state index contributed by atoms with van der Waals surface area (Å²) in [7, 11) is 4.93. The SMILES string of the molecule is CCOc1cc(CCCNC(=NC)NCc2ccc(F)c(COC)c2)ccc1OC.I. The van der Waals surface area contributed by atoms with E-state index in [0.29, 0.717) is 24.7 Å². The minimum Gasteiger partial charge on any atom is -0.493 e. The van der Waals surface area contributed by atoms with E-state index in [1.165, 1.54) is 11.6 Å². The van der Waals surface area contributed by atoms with Crippen molar-refractivity contribution < 1.29 is 18.6 Å². The molecule has 0 aliphatic heterocycles. The van der Waals surface area contributed by atoms with Crippen LogP contribution in [0.5, 0.6) is 11.5 Å². The van der Waals surface area contributed by atoms with Gasteiger partial charge in [0.25, 0.3) is 0 Å². The topological polar surface area (TPSA) is 64.1 Å². The van der Waals surface area contributed by atoms with Crippen molar-refractivity contribution in [1.29, 1.82) is 0 Å². The molecule has 0 spiro atoms. The summed E-state index contributed by atoms with van der Waals surface area (Å²) < 4.78 is 29.7. The third-order valence-corrected chi connectivity index (χ3v) is 4.56. The van der Waals surface area contributed by atoms with Crippen LogP contribution in [0.2, 0.25) is 0 Å². The first-order valence-corrected chi connectivity index (χ1v) is 10.1. The van der Waals surface area contributed by atoms with E-state index in [4.69, 9.17) is 14.2 Å². The Morgan fingerprint density at radius 3 is 2.48 bits per heavy atom. The smallest absolute Gasteiger partial charge is 0.191 e. The Kier molecular flexibility index (Phi) is 12.9. The van der Waals surface area contributed by atoms with Gasteiger partial charge in [0.05, 0.1) is 20.3 Å². The molecule has 0 bridgehead atoms. The van der Waals surface area contributed by atoms with Crippen molar-refractivity contribution in [2.45, 2.75) is 32.9 Å². The molecular weight excluding hydrogens is 512 g/mol. The van der Waals surface area contributed by atoms with Crippen molar-refractivity contribution in [3.05, 3.63) is 58.9 Å². The van der Waals surface area contributed by atoms with Crippen LogP contribution >= 0.6 is 24.0 Å². The molecule has 0 fully saturated rings. The minimum atomic E-state index is -0.255. The maximum absolute atomic E-state index is 13.7. The molecule has 0 unspecified atom stereocenters. The van der Waals surface area contributed by atoms with Crippen molar-refractivity contribution in [2.75, 3.05) is 34.4 Å². The second kappa shape index (κ2) is 14.9. The summed E-state index contributed by atoms with van der Waals surface area (Å²) >= 11 is 0. The average molecular weight is 545 g/mol. The van der Waals surface area contributed by atoms with E-state index >= 15 is 0 Å². The summed E-state index contributed by atoms with van der Waals surface area (Å²) in [6.07, 6.45) is 1.85. The Labute approximate surface area is 201 Å². The molecule has 2 N–H and O–H groups in total. The second-order valence-corrected chi connectivity index (χ2v) is 6.73. The standard InChI is InChI=1S/C23H32FN3O3.HI/c1-5-30-22-14-17(9-11-21(22)29-4)7-6-12-26-23(25-2)27-15-18-8-10-20(24)19(13-18)16-28-3;/h8-11,13-14H,5-7,12,15-16H2,1-4H3,(H2,25,26,27);1H. The molecule has 0 amide bonds. The molecule has 0 atom stereocenters. The lowest BCUT2D eigenvalue weighted by Gasteiger charge is -2.13. The summed E-state index contributed by atoms with van der Waals surface area (Å²) in [6, 6.07) is 11.1. The minimum absolute atomic E-state index is 0. The van der Waals surface area contributed by atoms with Crippen LogP contribution in [0.15, 0.2) is 41.4 Å². The zero-order valence-corrected chi connectivity index (χ0v) is 21.0. The van der Waals surface area contributed by atoms with Gasteiger partial charge in [0, 0.05) is 32.8 Å². The predicted molar refractivity (Wildman–Crippen MR) is 133 cm³/mol. The van der Waals surface area contributed by atoms with E-state index in [9.17, 15) is 4.39 Å².